The van der Waals surface area contributed by atoms with Gasteiger partial charge in [-0.1, -0.05) is 0 Å². The van der Waals surface area contributed by atoms with Crippen LogP contribution < -0.4 is 10.6 Å². The van der Waals surface area contributed by atoms with Gasteiger partial charge in [-0.15, -0.1) is 0 Å². The van der Waals surface area contributed by atoms with Crippen molar-refractivity contribution in [3.63, 3.8) is 0 Å². The van der Waals surface area contributed by atoms with E-state index in [1.165, 1.54) is 0 Å². The number of urea groups is 1. The number of hydrogen-bond acceptors (Lipinski definition) is 3. The molecule has 106 valence electrons. The van der Waals surface area contributed by atoms with Crippen molar-refractivity contribution in [2.24, 2.45) is 0 Å². The van der Waals surface area contributed by atoms with Gasteiger partial charge < -0.3 is 15.4 Å². The highest BCUT2D eigenvalue weighted by Crippen LogP contribution is 2.37. The van der Waals surface area contributed by atoms with Crippen molar-refractivity contribution in [3.8, 4) is 0 Å². The molecule has 2 amide bonds. The van der Waals surface area contributed by atoms with Gasteiger partial charge in [0.1, 0.15) is 0 Å². The first kappa shape index (κ1) is 15.6. The molecule has 1 heterocycles. The zero-order chi connectivity index (χ0) is 14.0. The quantitative estimate of drug-likeness (QED) is 0.827. The summed E-state index contributed by atoms with van der Waals surface area (Å²) in [6.07, 6.45) is 2.87. The van der Waals surface area contributed by atoms with Crippen molar-refractivity contribution >= 4 is 17.8 Å². The highest BCUT2D eigenvalue weighted by atomic mass is 32.2. The first-order valence-electron chi connectivity index (χ1n) is 6.42. The summed E-state index contributed by atoms with van der Waals surface area (Å²) in [4.78, 5) is 11.9. The Morgan fingerprint density at radius 3 is 2.50 bits per heavy atom. The van der Waals surface area contributed by atoms with E-state index < -0.39 is 0 Å². The molecule has 0 bridgehead atoms. The second-order valence-corrected chi connectivity index (χ2v) is 7.11. The number of rotatable bonds is 4. The molecule has 0 aromatic carbocycles. The standard InChI is InChI=1S/C13H26N2O2S/c1-9(8-18-6)14-11(16)15-10-7-12(2,3)17-13(10,4)5/h9-10H,7-8H2,1-6H3,(H2,14,15,16)/t9-,10+/m1/s1. The van der Waals surface area contributed by atoms with Crippen molar-refractivity contribution < 1.29 is 9.53 Å². The minimum atomic E-state index is -0.316. The van der Waals surface area contributed by atoms with Gasteiger partial charge in [-0.3, -0.25) is 0 Å². The minimum Gasteiger partial charge on any atom is -0.367 e. The Hall–Kier alpha value is -0.420. The first-order valence-corrected chi connectivity index (χ1v) is 7.82. The fourth-order valence-corrected chi connectivity index (χ4v) is 3.09. The predicted molar refractivity (Wildman–Crippen MR) is 77.2 cm³/mol. The average molecular weight is 274 g/mol. The molecule has 4 nitrogen and oxygen atoms in total. The summed E-state index contributed by atoms with van der Waals surface area (Å²) in [5.41, 5.74) is -0.490. The molecule has 0 radical (unpaired) electrons. The smallest absolute Gasteiger partial charge is 0.315 e. The topological polar surface area (TPSA) is 50.4 Å². The molecule has 0 aliphatic carbocycles. The van der Waals surface area contributed by atoms with Crippen LogP contribution in [0.15, 0.2) is 0 Å². The number of thioether (sulfide) groups is 1. The summed E-state index contributed by atoms with van der Waals surface area (Å²) >= 11 is 1.73. The van der Waals surface area contributed by atoms with Crippen LogP contribution in [-0.4, -0.2) is 41.3 Å². The van der Waals surface area contributed by atoms with Crippen LogP contribution in [0.25, 0.3) is 0 Å². The van der Waals surface area contributed by atoms with Gasteiger partial charge >= 0.3 is 6.03 Å². The molecule has 0 aromatic rings. The van der Waals surface area contributed by atoms with E-state index in [0.29, 0.717) is 0 Å². The normalized spacial score (nSPS) is 26.7. The lowest BCUT2D eigenvalue weighted by molar-refractivity contribution is -0.0690. The van der Waals surface area contributed by atoms with E-state index in [2.05, 4.69) is 24.5 Å². The highest BCUT2D eigenvalue weighted by molar-refractivity contribution is 7.98. The van der Waals surface area contributed by atoms with Gasteiger partial charge in [-0.05, 0) is 47.3 Å². The van der Waals surface area contributed by atoms with Crippen molar-refractivity contribution in [1.82, 2.24) is 10.6 Å². The fourth-order valence-electron chi connectivity index (χ4n) is 2.50. The summed E-state index contributed by atoms with van der Waals surface area (Å²) in [5, 5.41) is 5.98. The molecule has 0 unspecified atom stereocenters. The average Bonchev–Trinajstić information content (AvgIpc) is 2.33. The number of hydrogen-bond donors (Lipinski definition) is 2. The van der Waals surface area contributed by atoms with E-state index in [1.54, 1.807) is 11.8 Å². The van der Waals surface area contributed by atoms with Gasteiger partial charge in [0.25, 0.3) is 0 Å². The Morgan fingerprint density at radius 2 is 2.06 bits per heavy atom. The Bertz CT molecular complexity index is 305. The largest absolute Gasteiger partial charge is 0.367 e. The maximum Gasteiger partial charge on any atom is 0.315 e. The van der Waals surface area contributed by atoms with E-state index in [1.807, 2.05) is 27.0 Å². The molecule has 1 fully saturated rings. The molecular formula is C13H26N2O2S. The van der Waals surface area contributed by atoms with E-state index in [9.17, 15) is 4.79 Å². The fraction of sp³-hybridized carbons (Fsp3) is 0.923. The summed E-state index contributed by atoms with van der Waals surface area (Å²) < 4.78 is 5.96. The first-order chi connectivity index (χ1) is 8.16. The van der Waals surface area contributed by atoms with Crippen molar-refractivity contribution in [1.29, 1.82) is 0 Å². The Labute approximate surface area is 115 Å². The van der Waals surface area contributed by atoms with Gasteiger partial charge in [0.05, 0.1) is 17.2 Å². The molecule has 18 heavy (non-hydrogen) atoms. The lowest BCUT2D eigenvalue weighted by Gasteiger charge is -2.28. The summed E-state index contributed by atoms with van der Waals surface area (Å²) in [7, 11) is 0. The molecule has 0 spiro atoms. The predicted octanol–water partition coefficient (Wildman–Crippen LogP) is 2.38. The van der Waals surface area contributed by atoms with E-state index >= 15 is 0 Å². The van der Waals surface area contributed by atoms with Crippen molar-refractivity contribution in [3.05, 3.63) is 0 Å². The van der Waals surface area contributed by atoms with Crippen molar-refractivity contribution in [2.75, 3.05) is 12.0 Å². The van der Waals surface area contributed by atoms with Crippen LogP contribution in [0, 0.1) is 0 Å². The number of carbonyl (C=O) groups excluding carboxylic acids is 1. The number of amides is 2. The molecule has 1 aliphatic heterocycles. The maximum atomic E-state index is 11.9. The highest BCUT2D eigenvalue weighted by Gasteiger charge is 2.46. The maximum absolute atomic E-state index is 11.9. The van der Waals surface area contributed by atoms with Gasteiger partial charge in [0, 0.05) is 11.8 Å². The van der Waals surface area contributed by atoms with Gasteiger partial charge in [0.2, 0.25) is 0 Å². The molecule has 0 saturated carbocycles. The molecule has 5 heteroatoms. The molecule has 0 aromatic heterocycles. The second kappa shape index (κ2) is 5.70. The number of ether oxygens (including phenoxy) is 1. The van der Waals surface area contributed by atoms with Crippen LogP contribution in [0.5, 0.6) is 0 Å². The van der Waals surface area contributed by atoms with Gasteiger partial charge in [-0.2, -0.15) is 11.8 Å². The monoisotopic (exact) mass is 274 g/mol. The Balaban J connectivity index is 2.50. The summed E-state index contributed by atoms with van der Waals surface area (Å²) in [6, 6.07) is 0.128. The second-order valence-electron chi connectivity index (χ2n) is 6.20. The molecule has 1 saturated heterocycles. The summed E-state index contributed by atoms with van der Waals surface area (Å²) in [6.45, 7) is 10.2. The van der Waals surface area contributed by atoms with Crippen molar-refractivity contribution in [2.45, 2.75) is 64.3 Å². The van der Waals surface area contributed by atoms with Crippen LogP contribution in [0.2, 0.25) is 0 Å². The lowest BCUT2D eigenvalue weighted by Crippen LogP contribution is -2.51. The summed E-state index contributed by atoms with van der Waals surface area (Å²) in [5.74, 6) is 0.920. The molecule has 2 N–H and O–H groups in total. The zero-order valence-electron chi connectivity index (χ0n) is 12.3. The van der Waals surface area contributed by atoms with Crippen LogP contribution in [-0.2, 0) is 4.74 Å². The third kappa shape index (κ3) is 4.35. The third-order valence-electron chi connectivity index (χ3n) is 3.17. The van der Waals surface area contributed by atoms with Gasteiger partial charge in [0.15, 0.2) is 0 Å². The van der Waals surface area contributed by atoms with Crippen LogP contribution in [0.4, 0.5) is 4.79 Å². The number of nitrogens with one attached hydrogen (secondary N) is 2. The molecule has 1 aliphatic rings. The zero-order valence-corrected chi connectivity index (χ0v) is 13.1. The van der Waals surface area contributed by atoms with Gasteiger partial charge in [-0.25, -0.2) is 4.79 Å². The third-order valence-corrected chi connectivity index (χ3v) is 4.01. The molecular weight excluding hydrogens is 248 g/mol. The van der Waals surface area contributed by atoms with Crippen LogP contribution in [0.1, 0.15) is 41.0 Å². The minimum absolute atomic E-state index is 0.0500. The molecule has 2 atom stereocenters. The Kier molecular flexibility index (Phi) is 4.95. The van der Waals surface area contributed by atoms with Crippen LogP contribution in [0.3, 0.4) is 0 Å². The SMILES string of the molecule is CSC[C@@H](C)NC(=O)N[C@H]1CC(C)(C)OC1(C)C. The van der Waals surface area contributed by atoms with Crippen LogP contribution >= 0.6 is 11.8 Å². The molecule has 1 rings (SSSR count). The Morgan fingerprint density at radius 1 is 1.44 bits per heavy atom. The van der Waals surface area contributed by atoms with E-state index in [-0.39, 0.29) is 29.3 Å². The lowest BCUT2D eigenvalue weighted by atomic mass is 9.95. The van der Waals surface area contributed by atoms with E-state index in [0.717, 1.165) is 12.2 Å². The number of carbonyl (C=O) groups is 1. The van der Waals surface area contributed by atoms with E-state index in [4.69, 9.17) is 4.74 Å².